The van der Waals surface area contributed by atoms with Crippen molar-refractivity contribution in [2.24, 2.45) is 0 Å². The molecule has 0 saturated carbocycles. The predicted molar refractivity (Wildman–Crippen MR) is 105 cm³/mol. The SMILES string of the molecule is Cc1ccc(-c2nnc(S[C@H](C)C(=O)N(C)[C@H]3CCS(=O)(=O)C3)n2N)cc1. The first-order valence-electron chi connectivity index (χ1n) is 8.59. The molecule has 2 aromatic rings. The van der Waals surface area contributed by atoms with E-state index in [2.05, 4.69) is 10.2 Å². The number of aryl methyl sites for hydroxylation is 1. The Morgan fingerprint density at radius 2 is 2.00 bits per heavy atom. The minimum absolute atomic E-state index is 0.0251. The summed E-state index contributed by atoms with van der Waals surface area (Å²) in [5.41, 5.74) is 1.97. The Kier molecular flexibility index (Phi) is 5.48. The molecule has 1 aliphatic rings. The highest BCUT2D eigenvalue weighted by Gasteiger charge is 2.34. The van der Waals surface area contributed by atoms with Crippen molar-refractivity contribution >= 4 is 27.5 Å². The Bertz CT molecular complexity index is 940. The zero-order valence-corrected chi connectivity index (χ0v) is 17.1. The van der Waals surface area contributed by atoms with Gasteiger partial charge in [-0.2, -0.15) is 0 Å². The molecule has 10 heteroatoms. The number of nitrogens with two attached hydrogens (primary N) is 1. The van der Waals surface area contributed by atoms with Crippen LogP contribution in [0.4, 0.5) is 0 Å². The topological polar surface area (TPSA) is 111 Å². The fraction of sp³-hybridized carbons (Fsp3) is 0.471. The van der Waals surface area contributed by atoms with E-state index >= 15 is 0 Å². The maximum absolute atomic E-state index is 12.7. The Labute approximate surface area is 163 Å². The second-order valence-electron chi connectivity index (χ2n) is 6.81. The molecule has 146 valence electrons. The number of sulfone groups is 1. The van der Waals surface area contributed by atoms with Gasteiger partial charge in [-0.1, -0.05) is 41.6 Å². The van der Waals surface area contributed by atoms with Crippen molar-refractivity contribution in [3.63, 3.8) is 0 Å². The van der Waals surface area contributed by atoms with E-state index in [0.717, 1.165) is 11.1 Å². The Morgan fingerprint density at radius 3 is 2.59 bits per heavy atom. The summed E-state index contributed by atoms with van der Waals surface area (Å²) in [5, 5.41) is 8.20. The van der Waals surface area contributed by atoms with E-state index in [1.807, 2.05) is 31.2 Å². The quantitative estimate of drug-likeness (QED) is 0.581. The van der Waals surface area contributed by atoms with Crippen molar-refractivity contribution < 1.29 is 13.2 Å². The summed E-state index contributed by atoms with van der Waals surface area (Å²) in [6, 6.07) is 7.49. The molecular weight excluding hydrogens is 386 g/mol. The van der Waals surface area contributed by atoms with Gasteiger partial charge in [0.25, 0.3) is 0 Å². The molecule has 1 aromatic heterocycles. The predicted octanol–water partition coefficient (Wildman–Crippen LogP) is 1.09. The monoisotopic (exact) mass is 409 g/mol. The van der Waals surface area contributed by atoms with Crippen molar-refractivity contribution in [3.8, 4) is 11.4 Å². The van der Waals surface area contributed by atoms with Gasteiger partial charge in [0.2, 0.25) is 11.1 Å². The van der Waals surface area contributed by atoms with E-state index in [9.17, 15) is 13.2 Å². The van der Waals surface area contributed by atoms with Crippen molar-refractivity contribution in [1.29, 1.82) is 0 Å². The van der Waals surface area contributed by atoms with Gasteiger partial charge in [-0.25, -0.2) is 13.1 Å². The molecule has 3 rings (SSSR count). The van der Waals surface area contributed by atoms with Crippen LogP contribution < -0.4 is 5.84 Å². The van der Waals surface area contributed by atoms with Crippen LogP contribution in [0.3, 0.4) is 0 Å². The third-order valence-electron chi connectivity index (χ3n) is 4.71. The van der Waals surface area contributed by atoms with Crippen LogP contribution in [0, 0.1) is 6.92 Å². The number of thioether (sulfide) groups is 1. The van der Waals surface area contributed by atoms with Crippen molar-refractivity contribution in [2.75, 3.05) is 24.4 Å². The zero-order chi connectivity index (χ0) is 19.8. The third-order valence-corrected chi connectivity index (χ3v) is 7.50. The van der Waals surface area contributed by atoms with E-state index in [-0.39, 0.29) is 23.5 Å². The molecule has 1 fully saturated rings. The molecule has 1 aliphatic heterocycles. The van der Waals surface area contributed by atoms with Gasteiger partial charge in [-0.3, -0.25) is 4.79 Å². The minimum Gasteiger partial charge on any atom is -0.341 e. The summed E-state index contributed by atoms with van der Waals surface area (Å²) >= 11 is 1.21. The standard InChI is InChI=1S/C17H23N5O3S2/c1-11-4-6-13(7-5-11)15-19-20-17(22(15)18)26-12(2)16(23)21(3)14-8-9-27(24,25)10-14/h4-7,12,14H,8-10,18H2,1-3H3/t12-,14+/m1/s1. The molecular formula is C17H23N5O3S2. The summed E-state index contributed by atoms with van der Waals surface area (Å²) in [7, 11) is -1.39. The Balaban J connectivity index is 1.70. The van der Waals surface area contributed by atoms with Gasteiger partial charge in [0.15, 0.2) is 15.7 Å². The molecule has 0 unspecified atom stereocenters. The Morgan fingerprint density at radius 1 is 1.33 bits per heavy atom. The number of benzene rings is 1. The molecule has 2 N–H and O–H groups in total. The minimum atomic E-state index is -3.04. The molecule has 0 bridgehead atoms. The number of hydrogen-bond donors (Lipinski definition) is 1. The van der Waals surface area contributed by atoms with Crippen LogP contribution in [0.15, 0.2) is 29.4 Å². The van der Waals surface area contributed by atoms with Gasteiger partial charge in [0.1, 0.15) is 0 Å². The van der Waals surface area contributed by atoms with Crippen molar-refractivity contribution in [2.45, 2.75) is 36.7 Å². The van der Waals surface area contributed by atoms with Gasteiger partial charge in [-0.05, 0) is 20.3 Å². The van der Waals surface area contributed by atoms with E-state index in [1.54, 1.807) is 14.0 Å². The van der Waals surface area contributed by atoms with E-state index in [0.29, 0.717) is 17.4 Å². The number of nitrogens with zero attached hydrogens (tertiary/aromatic N) is 4. The second-order valence-corrected chi connectivity index (χ2v) is 10.3. The maximum Gasteiger partial charge on any atom is 0.235 e. The molecule has 0 aliphatic carbocycles. The van der Waals surface area contributed by atoms with Crippen LogP contribution in [-0.2, 0) is 14.6 Å². The number of hydrogen-bond acceptors (Lipinski definition) is 7. The Hall–Kier alpha value is -2.07. The lowest BCUT2D eigenvalue weighted by Gasteiger charge is -2.26. The number of aromatic nitrogens is 3. The van der Waals surface area contributed by atoms with Crippen LogP contribution in [0.2, 0.25) is 0 Å². The average Bonchev–Trinajstić information content (AvgIpc) is 3.17. The zero-order valence-electron chi connectivity index (χ0n) is 15.5. The van der Waals surface area contributed by atoms with Crippen LogP contribution in [0.1, 0.15) is 18.9 Å². The fourth-order valence-corrected chi connectivity index (χ4v) is 5.66. The van der Waals surface area contributed by atoms with Gasteiger partial charge < -0.3 is 10.7 Å². The molecule has 1 aromatic carbocycles. The molecule has 1 amide bonds. The van der Waals surface area contributed by atoms with E-state index in [4.69, 9.17) is 5.84 Å². The first-order chi connectivity index (χ1) is 12.7. The average molecular weight is 410 g/mol. The van der Waals surface area contributed by atoms with Gasteiger partial charge in [0, 0.05) is 18.7 Å². The first kappa shape index (κ1) is 19.7. The molecule has 8 nitrogen and oxygen atoms in total. The van der Waals surface area contributed by atoms with Crippen molar-refractivity contribution in [1.82, 2.24) is 19.8 Å². The normalized spacial score (nSPS) is 19.7. The molecule has 2 heterocycles. The highest BCUT2D eigenvalue weighted by Crippen LogP contribution is 2.27. The fourth-order valence-electron chi connectivity index (χ4n) is 3.01. The lowest BCUT2D eigenvalue weighted by Crippen LogP contribution is -2.41. The van der Waals surface area contributed by atoms with Crippen molar-refractivity contribution in [3.05, 3.63) is 29.8 Å². The molecule has 27 heavy (non-hydrogen) atoms. The second kappa shape index (κ2) is 7.51. The largest absolute Gasteiger partial charge is 0.341 e. The summed E-state index contributed by atoms with van der Waals surface area (Å²) in [5.74, 6) is 6.65. The number of amides is 1. The summed E-state index contributed by atoms with van der Waals surface area (Å²) in [4.78, 5) is 14.2. The lowest BCUT2D eigenvalue weighted by atomic mass is 10.1. The van der Waals surface area contributed by atoms with E-state index in [1.165, 1.54) is 21.3 Å². The molecule has 1 saturated heterocycles. The maximum atomic E-state index is 12.7. The third kappa shape index (κ3) is 4.27. The molecule has 0 spiro atoms. The highest BCUT2D eigenvalue weighted by molar-refractivity contribution is 8.00. The number of nitrogen functional groups attached to an aromatic ring is 1. The highest BCUT2D eigenvalue weighted by atomic mass is 32.2. The lowest BCUT2D eigenvalue weighted by molar-refractivity contribution is -0.130. The molecule has 0 radical (unpaired) electrons. The van der Waals surface area contributed by atoms with Crippen LogP contribution in [-0.4, -0.2) is 63.9 Å². The van der Waals surface area contributed by atoms with Crippen LogP contribution in [0.25, 0.3) is 11.4 Å². The summed E-state index contributed by atoms with van der Waals surface area (Å²) in [6.07, 6.45) is 0.479. The summed E-state index contributed by atoms with van der Waals surface area (Å²) in [6.45, 7) is 3.75. The van der Waals surface area contributed by atoms with E-state index < -0.39 is 15.1 Å². The number of carbonyl (C=O) groups excluding carboxylic acids is 1. The first-order valence-corrected chi connectivity index (χ1v) is 11.3. The van der Waals surface area contributed by atoms with Gasteiger partial charge in [0.05, 0.1) is 16.8 Å². The van der Waals surface area contributed by atoms with Crippen LogP contribution in [0.5, 0.6) is 0 Å². The number of rotatable bonds is 5. The smallest absolute Gasteiger partial charge is 0.235 e. The summed E-state index contributed by atoms with van der Waals surface area (Å²) < 4.78 is 24.7. The van der Waals surface area contributed by atoms with Gasteiger partial charge in [-0.15, -0.1) is 10.2 Å². The molecule has 2 atom stereocenters. The van der Waals surface area contributed by atoms with Crippen LogP contribution >= 0.6 is 11.8 Å². The van der Waals surface area contributed by atoms with Gasteiger partial charge >= 0.3 is 0 Å². The number of carbonyl (C=O) groups is 1.